The molecule has 20 heavy (non-hydrogen) atoms. The van der Waals surface area contributed by atoms with Gasteiger partial charge in [-0.3, -0.25) is 0 Å². The molecule has 0 radical (unpaired) electrons. The van der Waals surface area contributed by atoms with Gasteiger partial charge in [0.2, 0.25) is 0 Å². The second kappa shape index (κ2) is 7.50. The molecule has 1 rings (SSSR count). The fourth-order valence-corrected chi connectivity index (χ4v) is 1.78. The van der Waals surface area contributed by atoms with E-state index in [1.807, 2.05) is 20.8 Å². The molecule has 1 heterocycles. The highest BCUT2D eigenvalue weighted by molar-refractivity contribution is 5.68. The molecule has 6 nitrogen and oxygen atoms in total. The van der Waals surface area contributed by atoms with Crippen molar-refractivity contribution in [2.24, 2.45) is 0 Å². The number of likely N-dealkylation sites (tertiary alicyclic amines) is 1. The lowest BCUT2D eigenvalue weighted by Crippen LogP contribution is -2.35. The zero-order valence-corrected chi connectivity index (χ0v) is 12.7. The smallest absolute Gasteiger partial charge is 0.410 e. The quantitative estimate of drug-likeness (QED) is 0.617. The Labute approximate surface area is 120 Å². The number of carbonyl (C=O) groups excluding carboxylic acids is 1. The average Bonchev–Trinajstić information content (AvgIpc) is 2.76. The maximum Gasteiger partial charge on any atom is 0.410 e. The van der Waals surface area contributed by atoms with Crippen molar-refractivity contribution in [1.82, 2.24) is 4.90 Å². The molecule has 0 aromatic rings. The predicted octanol–water partition coefficient (Wildman–Crippen LogP) is 1.88. The van der Waals surface area contributed by atoms with Crippen LogP contribution in [-0.4, -0.2) is 53.8 Å². The number of amides is 1. The number of nitrogens with zero attached hydrogens (tertiary/aromatic N) is 1. The summed E-state index contributed by atoms with van der Waals surface area (Å²) < 4.78 is 15.7. The lowest BCUT2D eigenvalue weighted by molar-refractivity contribution is -0.0605. The molecule has 1 N–H and O–H groups in total. The Bertz CT molecular complexity index is 337. The normalized spacial score (nSPS) is 21.2. The number of rotatable bonds is 5. The van der Waals surface area contributed by atoms with Crippen molar-refractivity contribution in [3.63, 3.8) is 0 Å². The zero-order chi connectivity index (χ0) is 15.2. The highest BCUT2D eigenvalue weighted by Crippen LogP contribution is 2.17. The van der Waals surface area contributed by atoms with Gasteiger partial charge in [-0.25, -0.2) is 4.79 Å². The van der Waals surface area contributed by atoms with E-state index in [1.165, 1.54) is 12.3 Å². The van der Waals surface area contributed by atoms with E-state index in [4.69, 9.17) is 14.2 Å². The summed E-state index contributed by atoms with van der Waals surface area (Å²) in [5, 5.41) is 9.32. The van der Waals surface area contributed by atoms with E-state index < -0.39 is 11.9 Å². The van der Waals surface area contributed by atoms with Gasteiger partial charge >= 0.3 is 6.09 Å². The highest BCUT2D eigenvalue weighted by atomic mass is 16.6. The van der Waals surface area contributed by atoms with Crippen LogP contribution in [-0.2, 0) is 14.2 Å². The lowest BCUT2D eigenvalue weighted by atomic mass is 10.2. The SMILES string of the molecule is CCOC(O)/C=C/O[C@@H]1CCN(C(=O)OC(C)(C)C)C1. The van der Waals surface area contributed by atoms with Crippen LogP contribution in [0, 0.1) is 0 Å². The summed E-state index contributed by atoms with van der Waals surface area (Å²) in [5.41, 5.74) is -0.489. The van der Waals surface area contributed by atoms with Gasteiger partial charge < -0.3 is 24.2 Å². The second-order valence-corrected chi connectivity index (χ2v) is 5.65. The summed E-state index contributed by atoms with van der Waals surface area (Å²) in [5.74, 6) is 0. The summed E-state index contributed by atoms with van der Waals surface area (Å²) in [7, 11) is 0. The first-order valence-electron chi connectivity index (χ1n) is 6.91. The topological polar surface area (TPSA) is 68.2 Å². The molecule has 0 bridgehead atoms. The highest BCUT2D eigenvalue weighted by Gasteiger charge is 2.30. The van der Waals surface area contributed by atoms with Crippen molar-refractivity contribution in [3.05, 3.63) is 12.3 Å². The van der Waals surface area contributed by atoms with E-state index in [2.05, 4.69) is 0 Å². The van der Waals surface area contributed by atoms with Gasteiger partial charge in [-0.05, 0) is 27.7 Å². The van der Waals surface area contributed by atoms with Gasteiger partial charge in [0, 0.05) is 25.6 Å². The molecule has 1 unspecified atom stereocenters. The Balaban J connectivity index is 2.31. The molecule has 0 spiro atoms. The van der Waals surface area contributed by atoms with Crippen molar-refractivity contribution in [1.29, 1.82) is 0 Å². The van der Waals surface area contributed by atoms with Gasteiger partial charge in [-0.1, -0.05) is 0 Å². The molecule has 1 aliphatic heterocycles. The summed E-state index contributed by atoms with van der Waals surface area (Å²) in [6, 6.07) is 0. The molecule has 1 saturated heterocycles. The maximum absolute atomic E-state index is 11.8. The van der Waals surface area contributed by atoms with E-state index in [1.54, 1.807) is 11.8 Å². The molecule has 2 atom stereocenters. The van der Waals surface area contributed by atoms with Crippen LogP contribution in [0.5, 0.6) is 0 Å². The van der Waals surface area contributed by atoms with Gasteiger partial charge in [0.05, 0.1) is 12.8 Å². The van der Waals surface area contributed by atoms with E-state index in [9.17, 15) is 9.90 Å². The summed E-state index contributed by atoms with van der Waals surface area (Å²) in [6.45, 7) is 8.85. The molecule has 1 fully saturated rings. The summed E-state index contributed by atoms with van der Waals surface area (Å²) in [6.07, 6.45) is 2.25. The Morgan fingerprint density at radius 1 is 1.50 bits per heavy atom. The zero-order valence-electron chi connectivity index (χ0n) is 12.7. The van der Waals surface area contributed by atoms with Crippen LogP contribution in [0.3, 0.4) is 0 Å². The molecule has 116 valence electrons. The van der Waals surface area contributed by atoms with E-state index in [0.717, 1.165) is 6.42 Å². The van der Waals surface area contributed by atoms with Crippen LogP contribution in [0.15, 0.2) is 12.3 Å². The molecule has 0 saturated carbocycles. The van der Waals surface area contributed by atoms with E-state index >= 15 is 0 Å². The molecule has 1 aliphatic rings. The minimum absolute atomic E-state index is 0.0763. The first kappa shape index (κ1) is 16.8. The third-order valence-electron chi connectivity index (χ3n) is 2.65. The Hall–Kier alpha value is -1.27. The van der Waals surface area contributed by atoms with Crippen molar-refractivity contribution < 1.29 is 24.1 Å². The Morgan fingerprint density at radius 2 is 2.20 bits per heavy atom. The Morgan fingerprint density at radius 3 is 2.80 bits per heavy atom. The number of hydrogen-bond donors (Lipinski definition) is 1. The van der Waals surface area contributed by atoms with Crippen LogP contribution in [0.25, 0.3) is 0 Å². The third-order valence-corrected chi connectivity index (χ3v) is 2.65. The standard InChI is InChI=1S/C14H25NO5/c1-5-18-12(16)7-9-19-11-6-8-15(10-11)13(17)20-14(2,3)4/h7,9,11-12,16H,5-6,8,10H2,1-4H3/b9-7+/t11-,12?/m1/s1. The molecular weight excluding hydrogens is 262 g/mol. The monoisotopic (exact) mass is 287 g/mol. The Kier molecular flexibility index (Phi) is 6.29. The van der Waals surface area contributed by atoms with Gasteiger partial charge in [-0.15, -0.1) is 0 Å². The average molecular weight is 287 g/mol. The number of aliphatic hydroxyl groups excluding tert-OH is 1. The molecule has 0 aromatic carbocycles. The van der Waals surface area contributed by atoms with Gasteiger partial charge in [0.1, 0.15) is 11.7 Å². The summed E-state index contributed by atoms with van der Waals surface area (Å²) >= 11 is 0. The predicted molar refractivity (Wildman–Crippen MR) is 74.1 cm³/mol. The number of hydrogen-bond acceptors (Lipinski definition) is 5. The van der Waals surface area contributed by atoms with Gasteiger partial charge in [0.25, 0.3) is 0 Å². The summed E-state index contributed by atoms with van der Waals surface area (Å²) in [4.78, 5) is 13.5. The van der Waals surface area contributed by atoms with Gasteiger partial charge in [0.15, 0.2) is 6.29 Å². The lowest BCUT2D eigenvalue weighted by Gasteiger charge is -2.24. The molecular formula is C14H25NO5. The molecule has 0 aromatic heterocycles. The van der Waals surface area contributed by atoms with Crippen LogP contribution in [0.2, 0.25) is 0 Å². The minimum atomic E-state index is -0.955. The van der Waals surface area contributed by atoms with Crippen LogP contribution < -0.4 is 0 Å². The molecule has 0 aliphatic carbocycles. The fraction of sp³-hybridized carbons (Fsp3) is 0.786. The van der Waals surface area contributed by atoms with Crippen molar-refractivity contribution in [2.45, 2.75) is 52.1 Å². The minimum Gasteiger partial charge on any atom is -0.496 e. The van der Waals surface area contributed by atoms with Gasteiger partial charge in [-0.2, -0.15) is 0 Å². The largest absolute Gasteiger partial charge is 0.496 e. The van der Waals surface area contributed by atoms with Crippen LogP contribution in [0.1, 0.15) is 34.1 Å². The van der Waals surface area contributed by atoms with Crippen LogP contribution >= 0.6 is 0 Å². The fourth-order valence-electron chi connectivity index (χ4n) is 1.78. The van der Waals surface area contributed by atoms with Crippen molar-refractivity contribution in [2.75, 3.05) is 19.7 Å². The van der Waals surface area contributed by atoms with E-state index in [-0.39, 0.29) is 12.2 Å². The van der Waals surface area contributed by atoms with Crippen molar-refractivity contribution >= 4 is 6.09 Å². The first-order chi connectivity index (χ1) is 9.31. The number of aliphatic hydroxyl groups is 1. The first-order valence-corrected chi connectivity index (χ1v) is 6.91. The second-order valence-electron chi connectivity index (χ2n) is 5.65. The maximum atomic E-state index is 11.8. The third kappa shape index (κ3) is 6.25. The number of carbonyl (C=O) groups is 1. The van der Waals surface area contributed by atoms with E-state index in [0.29, 0.717) is 19.7 Å². The molecule has 6 heteroatoms. The van der Waals surface area contributed by atoms with Crippen molar-refractivity contribution in [3.8, 4) is 0 Å². The number of ether oxygens (including phenoxy) is 3. The molecule has 1 amide bonds. The van der Waals surface area contributed by atoms with Crippen LogP contribution in [0.4, 0.5) is 4.79 Å².